The van der Waals surface area contributed by atoms with Gasteiger partial charge in [-0.2, -0.15) is 0 Å². The van der Waals surface area contributed by atoms with E-state index in [9.17, 15) is 4.79 Å². The molecule has 3 rings (SSSR count). The summed E-state index contributed by atoms with van der Waals surface area (Å²) in [6.07, 6.45) is 2.66. The molecule has 1 aliphatic rings. The average molecular weight is 377 g/mol. The lowest BCUT2D eigenvalue weighted by Gasteiger charge is -2.29. The van der Waals surface area contributed by atoms with Crippen molar-refractivity contribution in [3.63, 3.8) is 0 Å². The van der Waals surface area contributed by atoms with Gasteiger partial charge in [-0.1, -0.05) is 59.6 Å². The summed E-state index contributed by atoms with van der Waals surface area (Å²) in [5.74, 6) is -0.0237. The van der Waals surface area contributed by atoms with Crippen LogP contribution in [0, 0.1) is 0 Å². The quantitative estimate of drug-likeness (QED) is 0.805. The van der Waals surface area contributed by atoms with Gasteiger partial charge in [0.25, 0.3) is 0 Å². The summed E-state index contributed by atoms with van der Waals surface area (Å²) in [6, 6.07) is 15.4. The number of carbonyl (C=O) groups excluding carboxylic acids is 1. The molecule has 0 radical (unpaired) electrons. The van der Waals surface area contributed by atoms with Gasteiger partial charge in [0.15, 0.2) is 0 Å². The highest BCUT2D eigenvalue weighted by Crippen LogP contribution is 2.29. The second-order valence-corrected chi connectivity index (χ2v) is 7.17. The van der Waals surface area contributed by atoms with Gasteiger partial charge >= 0.3 is 0 Å². The predicted octanol–water partition coefficient (Wildman–Crippen LogP) is 4.49. The summed E-state index contributed by atoms with van der Waals surface area (Å²) < 4.78 is 0. The van der Waals surface area contributed by atoms with Crippen LogP contribution in [0.3, 0.4) is 0 Å². The summed E-state index contributed by atoms with van der Waals surface area (Å²) in [7, 11) is 0. The van der Waals surface area contributed by atoms with E-state index < -0.39 is 0 Å². The molecule has 0 bridgehead atoms. The molecule has 0 unspecified atom stereocenters. The van der Waals surface area contributed by atoms with E-state index in [2.05, 4.69) is 10.2 Å². The Morgan fingerprint density at radius 1 is 1.00 bits per heavy atom. The first-order chi connectivity index (χ1) is 12.1. The van der Waals surface area contributed by atoms with Gasteiger partial charge in [-0.3, -0.25) is 9.69 Å². The maximum absolute atomic E-state index is 12.4. The fraction of sp³-hybridized carbons (Fsp3) is 0.350. The molecule has 1 aliphatic heterocycles. The van der Waals surface area contributed by atoms with Crippen LogP contribution < -0.4 is 5.32 Å². The number of nitrogens with zero attached hydrogens (tertiary/aromatic N) is 1. The van der Waals surface area contributed by atoms with Crippen molar-refractivity contribution >= 4 is 29.1 Å². The number of hydrogen-bond acceptors (Lipinski definition) is 2. The van der Waals surface area contributed by atoms with E-state index >= 15 is 0 Å². The van der Waals surface area contributed by atoms with E-state index in [0.717, 1.165) is 29.2 Å². The Labute approximate surface area is 158 Å². The van der Waals surface area contributed by atoms with Crippen LogP contribution in [0.25, 0.3) is 0 Å². The molecule has 0 spiro atoms. The van der Waals surface area contributed by atoms with E-state index in [1.807, 2.05) is 42.5 Å². The minimum Gasteiger partial charge on any atom is -0.354 e. The molecule has 3 nitrogen and oxygen atoms in total. The number of halogens is 2. The van der Waals surface area contributed by atoms with Crippen molar-refractivity contribution in [1.29, 1.82) is 0 Å². The van der Waals surface area contributed by atoms with E-state index in [1.54, 1.807) is 6.07 Å². The second kappa shape index (κ2) is 8.70. The SMILES string of the molecule is O=C(Cc1ccccc1Cl)NC[C@H](c1ccccc1Cl)N1CCCC1. The molecular formula is C20H22Cl2N2O. The van der Waals surface area contributed by atoms with Gasteiger partial charge in [-0.25, -0.2) is 0 Å². The second-order valence-electron chi connectivity index (χ2n) is 6.35. The Morgan fingerprint density at radius 3 is 2.32 bits per heavy atom. The van der Waals surface area contributed by atoms with E-state index in [-0.39, 0.29) is 18.4 Å². The zero-order valence-corrected chi connectivity index (χ0v) is 15.6. The third-order valence-electron chi connectivity index (χ3n) is 4.65. The highest BCUT2D eigenvalue weighted by atomic mass is 35.5. The molecule has 0 aromatic heterocycles. The Balaban J connectivity index is 1.67. The number of benzene rings is 2. The van der Waals surface area contributed by atoms with Crippen molar-refractivity contribution in [1.82, 2.24) is 10.2 Å². The molecule has 1 fully saturated rings. The summed E-state index contributed by atoms with van der Waals surface area (Å²) in [5.41, 5.74) is 1.92. The maximum Gasteiger partial charge on any atom is 0.224 e. The van der Waals surface area contributed by atoms with Gasteiger partial charge in [-0.15, -0.1) is 0 Å². The molecule has 2 aromatic carbocycles. The molecule has 132 valence electrons. The molecule has 1 atom stereocenters. The molecule has 1 amide bonds. The van der Waals surface area contributed by atoms with Gasteiger partial charge < -0.3 is 5.32 Å². The van der Waals surface area contributed by atoms with Crippen molar-refractivity contribution < 1.29 is 4.79 Å². The molecule has 2 aromatic rings. The monoisotopic (exact) mass is 376 g/mol. The molecule has 0 saturated carbocycles. The number of rotatable bonds is 6. The smallest absolute Gasteiger partial charge is 0.224 e. The maximum atomic E-state index is 12.4. The van der Waals surface area contributed by atoms with E-state index in [1.165, 1.54) is 12.8 Å². The Kier molecular flexibility index (Phi) is 6.35. The van der Waals surface area contributed by atoms with Crippen LogP contribution in [0.1, 0.15) is 30.0 Å². The van der Waals surface area contributed by atoms with Crippen LogP contribution in [0.5, 0.6) is 0 Å². The third kappa shape index (κ3) is 4.75. The van der Waals surface area contributed by atoms with Gasteiger partial charge in [0, 0.05) is 16.6 Å². The lowest BCUT2D eigenvalue weighted by Crippen LogP contribution is -2.37. The number of hydrogen-bond donors (Lipinski definition) is 1. The average Bonchev–Trinajstić information content (AvgIpc) is 3.13. The third-order valence-corrected chi connectivity index (χ3v) is 5.36. The van der Waals surface area contributed by atoms with Gasteiger partial charge in [0.05, 0.1) is 12.5 Å². The largest absolute Gasteiger partial charge is 0.354 e. The van der Waals surface area contributed by atoms with Gasteiger partial charge in [0.2, 0.25) is 5.91 Å². The van der Waals surface area contributed by atoms with E-state index in [4.69, 9.17) is 23.2 Å². The fourth-order valence-corrected chi connectivity index (χ4v) is 3.79. The van der Waals surface area contributed by atoms with Crippen LogP contribution in [0.2, 0.25) is 10.0 Å². The molecular weight excluding hydrogens is 355 g/mol. The van der Waals surface area contributed by atoms with Crippen LogP contribution >= 0.6 is 23.2 Å². The van der Waals surface area contributed by atoms with Crippen molar-refractivity contribution in [3.8, 4) is 0 Å². The zero-order chi connectivity index (χ0) is 17.6. The highest BCUT2D eigenvalue weighted by molar-refractivity contribution is 6.31. The zero-order valence-electron chi connectivity index (χ0n) is 14.1. The minimum atomic E-state index is -0.0237. The number of nitrogens with one attached hydrogen (secondary N) is 1. The summed E-state index contributed by atoms with van der Waals surface area (Å²) in [4.78, 5) is 14.8. The molecule has 1 N–H and O–H groups in total. The lowest BCUT2D eigenvalue weighted by atomic mass is 10.0. The van der Waals surface area contributed by atoms with Gasteiger partial charge in [-0.05, 0) is 49.2 Å². The van der Waals surface area contributed by atoms with Crippen LogP contribution in [-0.2, 0) is 11.2 Å². The summed E-state index contributed by atoms with van der Waals surface area (Å²) in [5, 5.41) is 4.44. The first-order valence-electron chi connectivity index (χ1n) is 8.64. The van der Waals surface area contributed by atoms with Crippen molar-refractivity contribution in [2.24, 2.45) is 0 Å². The summed E-state index contributed by atoms with van der Waals surface area (Å²) >= 11 is 12.6. The fourth-order valence-electron chi connectivity index (χ4n) is 3.32. The van der Waals surface area contributed by atoms with Crippen LogP contribution in [-0.4, -0.2) is 30.4 Å². The van der Waals surface area contributed by atoms with Crippen molar-refractivity contribution in [2.75, 3.05) is 19.6 Å². The normalized spacial score (nSPS) is 15.9. The van der Waals surface area contributed by atoms with Crippen LogP contribution in [0.15, 0.2) is 48.5 Å². The Hall–Kier alpha value is -1.55. The molecule has 5 heteroatoms. The Bertz CT molecular complexity index is 729. The number of amides is 1. The van der Waals surface area contributed by atoms with Crippen molar-refractivity contribution in [3.05, 3.63) is 69.7 Å². The number of carbonyl (C=O) groups is 1. The molecule has 0 aliphatic carbocycles. The highest BCUT2D eigenvalue weighted by Gasteiger charge is 2.25. The first kappa shape index (κ1) is 18.2. The van der Waals surface area contributed by atoms with E-state index in [0.29, 0.717) is 11.6 Å². The molecule has 1 heterocycles. The number of likely N-dealkylation sites (tertiary alicyclic amines) is 1. The first-order valence-corrected chi connectivity index (χ1v) is 9.39. The minimum absolute atomic E-state index is 0.0237. The summed E-state index contributed by atoms with van der Waals surface area (Å²) in [6.45, 7) is 2.62. The predicted molar refractivity (Wildman–Crippen MR) is 103 cm³/mol. The standard InChI is InChI=1S/C20H22Cl2N2O/c21-17-9-3-1-7-15(17)13-20(25)23-14-19(24-11-5-6-12-24)16-8-2-4-10-18(16)22/h1-4,7-10,19H,5-6,11-14H2,(H,23,25)/t19-/m1/s1. The van der Waals surface area contributed by atoms with Gasteiger partial charge in [0.1, 0.15) is 0 Å². The topological polar surface area (TPSA) is 32.3 Å². The molecule has 1 saturated heterocycles. The van der Waals surface area contributed by atoms with Crippen molar-refractivity contribution in [2.45, 2.75) is 25.3 Å². The van der Waals surface area contributed by atoms with Crippen LogP contribution in [0.4, 0.5) is 0 Å². The Morgan fingerprint density at radius 2 is 1.64 bits per heavy atom. The lowest BCUT2D eigenvalue weighted by molar-refractivity contribution is -0.120. The molecule has 25 heavy (non-hydrogen) atoms.